The van der Waals surface area contributed by atoms with Gasteiger partial charge in [0.1, 0.15) is 23.5 Å². The molecule has 9 heteroatoms. The molecule has 1 N–H and O–H groups in total. The Morgan fingerprint density at radius 1 is 1.31 bits per heavy atom. The molecule has 3 rings (SSSR count). The summed E-state index contributed by atoms with van der Waals surface area (Å²) in [6.45, 7) is 4.29. The number of aryl methyl sites for hydroxylation is 2. The first-order valence-electron chi connectivity index (χ1n) is 9.40. The molecule has 0 aliphatic rings. The number of carboxylic acids is 1. The van der Waals surface area contributed by atoms with E-state index >= 15 is 0 Å². The van der Waals surface area contributed by atoms with Crippen LogP contribution in [-0.2, 0) is 16.1 Å². The number of aliphatic carboxylic acids is 1. The number of rotatable bonds is 8. The number of fused-ring (bicyclic) bond motifs is 2. The number of carbonyl (C=O) groups is 2. The van der Waals surface area contributed by atoms with Crippen LogP contribution in [0.3, 0.4) is 0 Å². The normalized spacial score (nSPS) is 11.3. The first-order valence-corrected chi connectivity index (χ1v) is 9.40. The van der Waals surface area contributed by atoms with Crippen molar-refractivity contribution in [1.82, 2.24) is 18.9 Å². The smallest absolute Gasteiger partial charge is 0.323 e. The predicted molar refractivity (Wildman–Crippen MR) is 107 cm³/mol. The molecule has 0 aliphatic heterocycles. The Bertz CT molecular complexity index is 1130. The van der Waals surface area contributed by atoms with Crippen LogP contribution in [0, 0.1) is 6.92 Å². The van der Waals surface area contributed by atoms with Gasteiger partial charge < -0.3 is 19.3 Å². The summed E-state index contributed by atoms with van der Waals surface area (Å²) in [6.07, 6.45) is 2.25. The second kappa shape index (κ2) is 8.44. The number of nitrogens with zero attached hydrogens (tertiary/aromatic N) is 4. The van der Waals surface area contributed by atoms with E-state index in [2.05, 4.69) is 4.98 Å². The van der Waals surface area contributed by atoms with Crippen molar-refractivity contribution in [3.05, 3.63) is 46.0 Å². The van der Waals surface area contributed by atoms with Crippen LogP contribution in [0.15, 0.2) is 29.2 Å². The lowest BCUT2D eigenvalue weighted by atomic mass is 10.3. The third kappa shape index (κ3) is 3.86. The average Bonchev–Trinajstić information content (AvgIpc) is 3.05. The number of aromatic nitrogens is 3. The van der Waals surface area contributed by atoms with Gasteiger partial charge >= 0.3 is 5.97 Å². The summed E-state index contributed by atoms with van der Waals surface area (Å²) in [5.41, 5.74) is 1.75. The molecule has 0 spiro atoms. The van der Waals surface area contributed by atoms with Gasteiger partial charge in [-0.3, -0.25) is 18.8 Å². The molecule has 3 aromatic rings. The molecule has 3 heterocycles. The number of hydrogen-bond donors (Lipinski definition) is 1. The highest BCUT2D eigenvalue weighted by Crippen LogP contribution is 2.20. The Morgan fingerprint density at radius 2 is 2.07 bits per heavy atom. The molecule has 0 atom stereocenters. The Kier molecular flexibility index (Phi) is 5.97. The number of pyridine rings is 1. The fraction of sp³-hybridized carbons (Fsp3) is 0.400. The van der Waals surface area contributed by atoms with E-state index in [1.54, 1.807) is 30.9 Å². The van der Waals surface area contributed by atoms with Gasteiger partial charge in [-0.15, -0.1) is 0 Å². The van der Waals surface area contributed by atoms with Gasteiger partial charge in [0, 0.05) is 33.0 Å². The van der Waals surface area contributed by atoms with Crippen molar-refractivity contribution in [2.24, 2.45) is 0 Å². The third-order valence-electron chi connectivity index (χ3n) is 4.84. The maximum atomic E-state index is 13.1. The zero-order valence-corrected chi connectivity index (χ0v) is 16.7. The number of likely N-dealkylation sites (N-methyl/N-ethyl adjacent to an activating group) is 1. The van der Waals surface area contributed by atoms with E-state index in [0.29, 0.717) is 36.3 Å². The average molecular weight is 400 g/mol. The largest absolute Gasteiger partial charge is 0.480 e. The van der Waals surface area contributed by atoms with Gasteiger partial charge in [-0.2, -0.15) is 0 Å². The minimum Gasteiger partial charge on any atom is -0.480 e. The molecule has 9 nitrogen and oxygen atoms in total. The summed E-state index contributed by atoms with van der Waals surface area (Å²) in [4.78, 5) is 43.2. The molecule has 0 saturated carbocycles. The SMILES string of the molecule is CCN(CC(=O)O)C(=O)c1cc2c(=O)n3cccc(C)c3nc2n1CCCOC. The van der Waals surface area contributed by atoms with E-state index in [1.165, 1.54) is 15.4 Å². The van der Waals surface area contributed by atoms with Gasteiger partial charge in [-0.25, -0.2) is 4.98 Å². The van der Waals surface area contributed by atoms with Crippen LogP contribution < -0.4 is 5.56 Å². The lowest BCUT2D eigenvalue weighted by molar-refractivity contribution is -0.137. The quantitative estimate of drug-likeness (QED) is 0.575. The molecule has 0 unspecified atom stereocenters. The number of methoxy groups -OCH3 is 1. The molecule has 0 fully saturated rings. The van der Waals surface area contributed by atoms with Crippen molar-refractivity contribution >= 4 is 28.6 Å². The van der Waals surface area contributed by atoms with Crippen LogP contribution in [0.25, 0.3) is 16.7 Å². The zero-order chi connectivity index (χ0) is 21.1. The van der Waals surface area contributed by atoms with Crippen molar-refractivity contribution < 1.29 is 19.4 Å². The number of amides is 1. The molecular formula is C20H24N4O5. The van der Waals surface area contributed by atoms with E-state index in [4.69, 9.17) is 9.84 Å². The van der Waals surface area contributed by atoms with E-state index < -0.39 is 18.4 Å². The molecule has 29 heavy (non-hydrogen) atoms. The highest BCUT2D eigenvalue weighted by atomic mass is 16.5. The molecule has 154 valence electrons. The van der Waals surface area contributed by atoms with Crippen LogP contribution in [0.5, 0.6) is 0 Å². The van der Waals surface area contributed by atoms with Crippen molar-refractivity contribution in [1.29, 1.82) is 0 Å². The molecule has 1 amide bonds. The number of ether oxygens (including phenoxy) is 1. The molecule has 3 aromatic heterocycles. The number of hydrogen-bond acceptors (Lipinski definition) is 5. The maximum absolute atomic E-state index is 13.1. The predicted octanol–water partition coefficient (Wildman–Crippen LogP) is 1.54. The van der Waals surface area contributed by atoms with Crippen LogP contribution in [0.2, 0.25) is 0 Å². The first kappa shape index (κ1) is 20.5. The van der Waals surface area contributed by atoms with E-state index in [-0.39, 0.29) is 17.8 Å². The van der Waals surface area contributed by atoms with Gasteiger partial charge in [0.25, 0.3) is 11.5 Å². The van der Waals surface area contributed by atoms with Crippen molar-refractivity contribution in [3.63, 3.8) is 0 Å². The van der Waals surface area contributed by atoms with Gasteiger partial charge in [0.15, 0.2) is 0 Å². The van der Waals surface area contributed by atoms with E-state index in [0.717, 1.165) is 5.56 Å². The molecule has 0 bridgehead atoms. The lowest BCUT2D eigenvalue weighted by Crippen LogP contribution is -2.36. The highest BCUT2D eigenvalue weighted by Gasteiger charge is 2.24. The lowest BCUT2D eigenvalue weighted by Gasteiger charge is -2.19. The van der Waals surface area contributed by atoms with Crippen LogP contribution in [0.1, 0.15) is 29.4 Å². The second-order valence-corrected chi connectivity index (χ2v) is 6.78. The summed E-state index contributed by atoms with van der Waals surface area (Å²) in [7, 11) is 1.59. The summed E-state index contributed by atoms with van der Waals surface area (Å²) in [6, 6.07) is 5.15. The Hall–Kier alpha value is -3.20. The molecule has 0 aromatic carbocycles. The summed E-state index contributed by atoms with van der Waals surface area (Å²) >= 11 is 0. The standard InChI is InChI=1S/C20H24N4O5/c1-4-22(12-16(25)26)20(28)15-11-14-18(23(15)9-6-10-29-3)21-17-13(2)7-5-8-24(17)19(14)27/h5,7-8,11H,4,6,9-10,12H2,1-3H3,(H,25,26). The fourth-order valence-corrected chi connectivity index (χ4v) is 3.38. The van der Waals surface area contributed by atoms with Gasteiger partial charge in [-0.1, -0.05) is 6.07 Å². The topological polar surface area (TPSA) is 106 Å². The van der Waals surface area contributed by atoms with Crippen molar-refractivity contribution in [2.75, 3.05) is 26.8 Å². The molecule has 0 aliphatic carbocycles. The van der Waals surface area contributed by atoms with Crippen molar-refractivity contribution in [2.45, 2.75) is 26.8 Å². The van der Waals surface area contributed by atoms with Crippen LogP contribution >= 0.6 is 0 Å². The summed E-state index contributed by atoms with van der Waals surface area (Å²) < 4.78 is 8.26. The van der Waals surface area contributed by atoms with Crippen molar-refractivity contribution in [3.8, 4) is 0 Å². The van der Waals surface area contributed by atoms with E-state index in [9.17, 15) is 14.4 Å². The minimum absolute atomic E-state index is 0.234. The third-order valence-corrected chi connectivity index (χ3v) is 4.84. The first-order chi connectivity index (χ1) is 13.9. The summed E-state index contributed by atoms with van der Waals surface area (Å²) in [5.74, 6) is -1.54. The van der Waals surface area contributed by atoms with Gasteiger partial charge in [0.05, 0.1) is 5.39 Å². The van der Waals surface area contributed by atoms with E-state index in [1.807, 2.05) is 13.0 Å². The monoisotopic (exact) mass is 400 g/mol. The zero-order valence-electron chi connectivity index (χ0n) is 16.7. The highest BCUT2D eigenvalue weighted by molar-refractivity contribution is 5.99. The number of carboxylic acid groups (broad SMARTS) is 1. The van der Waals surface area contributed by atoms with Crippen LogP contribution in [-0.4, -0.2) is 62.6 Å². The Balaban J connectivity index is 2.24. The van der Waals surface area contributed by atoms with Gasteiger partial charge in [0.2, 0.25) is 0 Å². The van der Waals surface area contributed by atoms with Crippen LogP contribution in [0.4, 0.5) is 0 Å². The maximum Gasteiger partial charge on any atom is 0.323 e. The molecular weight excluding hydrogens is 376 g/mol. The fourth-order valence-electron chi connectivity index (χ4n) is 3.38. The Labute approximate surface area is 167 Å². The molecule has 0 saturated heterocycles. The van der Waals surface area contributed by atoms with Gasteiger partial charge in [-0.05, 0) is 38.0 Å². The Morgan fingerprint density at radius 3 is 2.72 bits per heavy atom. The number of carbonyl (C=O) groups excluding carboxylic acids is 1. The molecule has 0 radical (unpaired) electrons. The summed E-state index contributed by atoms with van der Waals surface area (Å²) in [5, 5.41) is 9.43. The second-order valence-electron chi connectivity index (χ2n) is 6.78. The minimum atomic E-state index is -1.10.